The van der Waals surface area contributed by atoms with E-state index in [9.17, 15) is 14.4 Å². The van der Waals surface area contributed by atoms with Crippen molar-refractivity contribution in [1.82, 2.24) is 9.88 Å². The Hall–Kier alpha value is -3.87. The van der Waals surface area contributed by atoms with Crippen LogP contribution in [0.2, 0.25) is 0 Å². The number of nitrogens with one attached hydrogen (secondary N) is 1. The SMILES string of the molecule is CCOc1ccc(-c2ccccc2)cc1-n1c(N)c2c(cc1=O)C(=O)NC2=O. The number of pyridine rings is 1. The number of nitrogens with two attached hydrogens (primary N) is 1. The second-order valence-corrected chi connectivity index (χ2v) is 6.26. The van der Waals surface area contributed by atoms with E-state index in [0.717, 1.165) is 17.2 Å². The van der Waals surface area contributed by atoms with Gasteiger partial charge in [-0.15, -0.1) is 0 Å². The zero-order valence-corrected chi connectivity index (χ0v) is 15.1. The molecule has 3 aromatic rings. The van der Waals surface area contributed by atoms with Crippen LogP contribution in [0.25, 0.3) is 16.8 Å². The van der Waals surface area contributed by atoms with Crippen molar-refractivity contribution in [2.45, 2.75) is 6.92 Å². The molecule has 0 aliphatic carbocycles. The zero-order valence-electron chi connectivity index (χ0n) is 15.1. The second kappa shape index (κ2) is 6.70. The number of carbonyl (C=O) groups excluding carboxylic acids is 2. The molecule has 7 heteroatoms. The molecule has 7 nitrogen and oxygen atoms in total. The lowest BCUT2D eigenvalue weighted by molar-refractivity contribution is 0.0880. The van der Waals surface area contributed by atoms with E-state index in [0.29, 0.717) is 18.0 Å². The molecule has 0 spiro atoms. The van der Waals surface area contributed by atoms with E-state index in [1.807, 2.05) is 43.3 Å². The van der Waals surface area contributed by atoms with E-state index in [1.54, 1.807) is 12.1 Å². The maximum absolute atomic E-state index is 12.8. The first-order valence-electron chi connectivity index (χ1n) is 8.75. The first-order valence-corrected chi connectivity index (χ1v) is 8.75. The van der Waals surface area contributed by atoms with E-state index < -0.39 is 17.4 Å². The van der Waals surface area contributed by atoms with Gasteiger partial charge in [-0.25, -0.2) is 0 Å². The fourth-order valence-corrected chi connectivity index (χ4v) is 3.31. The molecule has 2 amide bonds. The predicted octanol–water partition coefficient (Wildman–Crippen LogP) is 2.37. The molecule has 0 unspecified atom stereocenters. The van der Waals surface area contributed by atoms with Crippen molar-refractivity contribution in [3.63, 3.8) is 0 Å². The second-order valence-electron chi connectivity index (χ2n) is 6.26. The maximum atomic E-state index is 12.8. The van der Waals surface area contributed by atoms with E-state index in [4.69, 9.17) is 10.5 Å². The number of anilines is 1. The lowest BCUT2D eigenvalue weighted by Crippen LogP contribution is -2.24. The Morgan fingerprint density at radius 2 is 1.71 bits per heavy atom. The first-order chi connectivity index (χ1) is 13.5. The number of nitrogen functional groups attached to an aromatic ring is 1. The molecule has 2 heterocycles. The summed E-state index contributed by atoms with van der Waals surface area (Å²) < 4.78 is 6.88. The van der Waals surface area contributed by atoms with Crippen molar-refractivity contribution in [2.24, 2.45) is 0 Å². The quantitative estimate of drug-likeness (QED) is 0.682. The first kappa shape index (κ1) is 17.5. The Kier molecular flexibility index (Phi) is 4.19. The molecule has 0 fully saturated rings. The van der Waals surface area contributed by atoms with Gasteiger partial charge in [-0.1, -0.05) is 36.4 Å². The van der Waals surface area contributed by atoms with Crippen LogP contribution in [0.3, 0.4) is 0 Å². The summed E-state index contributed by atoms with van der Waals surface area (Å²) in [5.74, 6) is -0.903. The molecule has 140 valence electrons. The molecular weight excluding hydrogens is 358 g/mol. The Morgan fingerprint density at radius 1 is 0.964 bits per heavy atom. The number of amides is 2. The van der Waals surface area contributed by atoms with Gasteiger partial charge in [0.2, 0.25) is 0 Å². The number of imide groups is 1. The van der Waals surface area contributed by atoms with Gasteiger partial charge in [0.05, 0.1) is 23.4 Å². The van der Waals surface area contributed by atoms with Gasteiger partial charge in [0.15, 0.2) is 0 Å². The summed E-state index contributed by atoms with van der Waals surface area (Å²) >= 11 is 0. The summed E-state index contributed by atoms with van der Waals surface area (Å²) in [4.78, 5) is 36.8. The van der Waals surface area contributed by atoms with Crippen LogP contribution in [0.4, 0.5) is 5.82 Å². The molecule has 0 atom stereocenters. The van der Waals surface area contributed by atoms with Crippen molar-refractivity contribution in [2.75, 3.05) is 12.3 Å². The third-order valence-electron chi connectivity index (χ3n) is 4.56. The van der Waals surface area contributed by atoms with Crippen LogP contribution in [0.5, 0.6) is 5.75 Å². The molecule has 0 saturated heterocycles. The molecule has 0 radical (unpaired) electrons. The highest BCUT2D eigenvalue weighted by molar-refractivity contribution is 6.23. The number of hydrogen-bond acceptors (Lipinski definition) is 5. The van der Waals surface area contributed by atoms with Crippen molar-refractivity contribution in [3.8, 4) is 22.6 Å². The van der Waals surface area contributed by atoms with Gasteiger partial charge in [-0.3, -0.25) is 24.3 Å². The van der Waals surface area contributed by atoms with Gasteiger partial charge >= 0.3 is 0 Å². The Labute approximate surface area is 160 Å². The van der Waals surface area contributed by atoms with Gasteiger partial charge in [0.25, 0.3) is 17.4 Å². The molecule has 28 heavy (non-hydrogen) atoms. The summed E-state index contributed by atoms with van der Waals surface area (Å²) in [7, 11) is 0. The average Bonchev–Trinajstić information content (AvgIpc) is 2.97. The number of ether oxygens (including phenoxy) is 1. The molecular formula is C21H17N3O4. The number of aromatic nitrogens is 1. The van der Waals surface area contributed by atoms with Crippen LogP contribution in [-0.4, -0.2) is 23.0 Å². The van der Waals surface area contributed by atoms with Gasteiger partial charge < -0.3 is 10.5 Å². The molecule has 0 bridgehead atoms. The number of rotatable bonds is 4. The van der Waals surface area contributed by atoms with Crippen LogP contribution in [0.15, 0.2) is 59.4 Å². The van der Waals surface area contributed by atoms with Crippen LogP contribution in [0.1, 0.15) is 27.6 Å². The smallest absolute Gasteiger partial charge is 0.262 e. The van der Waals surface area contributed by atoms with Crippen LogP contribution >= 0.6 is 0 Å². The third-order valence-corrected chi connectivity index (χ3v) is 4.56. The number of nitrogens with zero attached hydrogens (tertiary/aromatic N) is 1. The minimum absolute atomic E-state index is 0.00263. The summed E-state index contributed by atoms with van der Waals surface area (Å²) in [5, 5.41) is 2.16. The highest BCUT2D eigenvalue weighted by Gasteiger charge is 2.32. The zero-order chi connectivity index (χ0) is 19.8. The van der Waals surface area contributed by atoms with Gasteiger partial charge in [0.1, 0.15) is 11.6 Å². The predicted molar refractivity (Wildman–Crippen MR) is 105 cm³/mol. The van der Waals surface area contributed by atoms with Crippen LogP contribution < -0.4 is 21.3 Å². The fraction of sp³-hybridized carbons (Fsp3) is 0.0952. The largest absolute Gasteiger partial charge is 0.492 e. The van der Waals surface area contributed by atoms with Gasteiger partial charge in [-0.05, 0) is 30.2 Å². The normalized spacial score (nSPS) is 12.6. The molecule has 1 aromatic heterocycles. The topological polar surface area (TPSA) is 103 Å². The average molecular weight is 375 g/mol. The third kappa shape index (κ3) is 2.73. The molecule has 1 aliphatic rings. The van der Waals surface area contributed by atoms with Crippen LogP contribution in [-0.2, 0) is 0 Å². The highest BCUT2D eigenvalue weighted by Crippen LogP contribution is 2.32. The standard InChI is InChI=1S/C21H17N3O4/c1-2-28-16-9-8-13(12-6-4-3-5-7-12)10-15(16)24-17(25)11-14-18(19(24)22)21(27)23-20(14)26/h3-11H,2,22H2,1H3,(H,23,26,27). The molecule has 3 N–H and O–H groups in total. The van der Waals surface area contributed by atoms with E-state index in [2.05, 4.69) is 5.32 Å². The van der Waals surface area contributed by atoms with E-state index in [-0.39, 0.29) is 16.9 Å². The Bertz CT molecular complexity index is 1170. The summed E-state index contributed by atoms with van der Waals surface area (Å²) in [6.07, 6.45) is 0. The van der Waals surface area contributed by atoms with E-state index in [1.165, 1.54) is 4.57 Å². The molecule has 1 aliphatic heterocycles. The number of carbonyl (C=O) groups is 2. The van der Waals surface area contributed by atoms with Crippen molar-refractivity contribution >= 4 is 17.6 Å². The summed E-state index contributed by atoms with van der Waals surface area (Å²) in [6.45, 7) is 2.21. The maximum Gasteiger partial charge on any atom is 0.262 e. The lowest BCUT2D eigenvalue weighted by atomic mass is 10.0. The lowest BCUT2D eigenvalue weighted by Gasteiger charge is -2.17. The molecule has 4 rings (SSSR count). The fourth-order valence-electron chi connectivity index (χ4n) is 3.31. The summed E-state index contributed by atoms with van der Waals surface area (Å²) in [5.41, 5.74) is 7.84. The van der Waals surface area contributed by atoms with Crippen molar-refractivity contribution < 1.29 is 14.3 Å². The number of hydrogen-bond donors (Lipinski definition) is 2. The van der Waals surface area contributed by atoms with Gasteiger partial charge in [0, 0.05) is 6.07 Å². The molecule has 0 saturated carbocycles. The van der Waals surface area contributed by atoms with Gasteiger partial charge in [-0.2, -0.15) is 0 Å². The number of fused-ring (bicyclic) bond motifs is 1. The minimum Gasteiger partial charge on any atom is -0.492 e. The van der Waals surface area contributed by atoms with Crippen LogP contribution in [0, 0.1) is 0 Å². The van der Waals surface area contributed by atoms with Crippen molar-refractivity contribution in [3.05, 3.63) is 76.1 Å². The monoisotopic (exact) mass is 375 g/mol. The minimum atomic E-state index is -0.626. The molecule has 2 aromatic carbocycles. The Balaban J connectivity index is 1.99. The summed E-state index contributed by atoms with van der Waals surface area (Å²) in [6, 6.07) is 16.2. The number of benzene rings is 2. The van der Waals surface area contributed by atoms with E-state index >= 15 is 0 Å². The van der Waals surface area contributed by atoms with Crippen molar-refractivity contribution in [1.29, 1.82) is 0 Å². The Morgan fingerprint density at radius 3 is 2.43 bits per heavy atom. The highest BCUT2D eigenvalue weighted by atomic mass is 16.5.